The first-order valence-corrected chi connectivity index (χ1v) is 11.4. The number of fused-ring (bicyclic) bond motifs is 1. The van der Waals surface area contributed by atoms with Crippen molar-refractivity contribution in [2.24, 2.45) is 7.05 Å². The lowest BCUT2D eigenvalue weighted by Crippen LogP contribution is -2.25. The maximum absolute atomic E-state index is 15.0. The fraction of sp³-hybridized carbons (Fsp3) is 0.360. The highest BCUT2D eigenvalue weighted by atomic mass is 35.5. The van der Waals surface area contributed by atoms with E-state index in [1.807, 2.05) is 39.4 Å². The van der Waals surface area contributed by atoms with E-state index in [1.54, 1.807) is 16.8 Å². The molecule has 0 N–H and O–H groups in total. The molecular formula is C25H25ClFN5O. The molecule has 1 aliphatic heterocycles. The van der Waals surface area contributed by atoms with Crippen molar-refractivity contribution in [2.75, 3.05) is 0 Å². The minimum Gasteiger partial charge on any atom is -0.370 e. The number of rotatable bonds is 3. The third-order valence-electron chi connectivity index (χ3n) is 6.32. The van der Waals surface area contributed by atoms with Gasteiger partial charge in [-0.05, 0) is 57.9 Å². The summed E-state index contributed by atoms with van der Waals surface area (Å²) in [6.07, 6.45) is 5.38. The van der Waals surface area contributed by atoms with E-state index in [0.29, 0.717) is 27.3 Å². The first-order chi connectivity index (χ1) is 15.8. The van der Waals surface area contributed by atoms with Crippen molar-refractivity contribution in [2.45, 2.75) is 51.7 Å². The Morgan fingerprint density at radius 2 is 1.85 bits per heavy atom. The van der Waals surface area contributed by atoms with Crippen molar-refractivity contribution in [1.29, 1.82) is 0 Å². The number of nitrogens with zero attached hydrogens (tertiary/aromatic N) is 5. The van der Waals surface area contributed by atoms with Crippen LogP contribution in [0.25, 0.3) is 22.3 Å². The standard InChI is InChI=1S/C25H25ClFN5O/c1-13-7-16(8-23(33-13)17-11-28-32(4)12-17)22-10-20(19-6-5-18(26)9-21(19)27)24-25(31-22)30-15(3)14(2)29-24/h5-6,9-13,16,23H,7-8H2,1-4H3/t13-,16-,23+/m1/s1. The molecule has 0 aliphatic carbocycles. The van der Waals surface area contributed by atoms with Crippen LogP contribution in [0.3, 0.4) is 0 Å². The van der Waals surface area contributed by atoms with Crippen LogP contribution in [0.15, 0.2) is 36.7 Å². The number of hydrogen-bond donors (Lipinski definition) is 0. The van der Waals surface area contributed by atoms with E-state index >= 15 is 0 Å². The predicted octanol–water partition coefficient (Wildman–Crippen LogP) is 5.86. The van der Waals surface area contributed by atoms with Crippen LogP contribution in [0, 0.1) is 19.7 Å². The smallest absolute Gasteiger partial charge is 0.179 e. The van der Waals surface area contributed by atoms with E-state index in [1.165, 1.54) is 6.07 Å². The van der Waals surface area contributed by atoms with Gasteiger partial charge in [-0.3, -0.25) is 4.68 Å². The van der Waals surface area contributed by atoms with Crippen LogP contribution in [0.1, 0.15) is 54.4 Å². The van der Waals surface area contributed by atoms with Gasteiger partial charge >= 0.3 is 0 Å². The molecule has 6 nitrogen and oxygen atoms in total. The molecule has 5 rings (SSSR count). The summed E-state index contributed by atoms with van der Waals surface area (Å²) < 4.78 is 23.0. The maximum Gasteiger partial charge on any atom is 0.179 e. The van der Waals surface area contributed by atoms with Crippen molar-refractivity contribution < 1.29 is 9.13 Å². The van der Waals surface area contributed by atoms with Crippen molar-refractivity contribution in [3.05, 3.63) is 70.1 Å². The Bertz CT molecular complexity index is 1350. The Hall–Kier alpha value is -2.90. The summed E-state index contributed by atoms with van der Waals surface area (Å²) in [5, 5.41) is 4.65. The summed E-state index contributed by atoms with van der Waals surface area (Å²) in [7, 11) is 1.90. The highest BCUT2D eigenvalue weighted by molar-refractivity contribution is 6.30. The van der Waals surface area contributed by atoms with Gasteiger partial charge in [-0.2, -0.15) is 5.10 Å². The number of pyridine rings is 1. The van der Waals surface area contributed by atoms with Crippen molar-refractivity contribution in [3.8, 4) is 11.1 Å². The van der Waals surface area contributed by atoms with Crippen LogP contribution in [0.4, 0.5) is 4.39 Å². The first-order valence-electron chi connectivity index (χ1n) is 11.0. The number of aryl methyl sites for hydroxylation is 3. The van der Waals surface area contributed by atoms with Crippen LogP contribution in [-0.4, -0.2) is 30.8 Å². The second kappa shape index (κ2) is 8.47. The topological polar surface area (TPSA) is 65.7 Å². The molecule has 0 saturated carbocycles. The fourth-order valence-corrected chi connectivity index (χ4v) is 4.71. The Balaban J connectivity index is 1.64. The van der Waals surface area contributed by atoms with Gasteiger partial charge in [0.25, 0.3) is 0 Å². The van der Waals surface area contributed by atoms with E-state index in [-0.39, 0.29) is 18.1 Å². The lowest BCUT2D eigenvalue weighted by Gasteiger charge is -2.33. The molecule has 0 amide bonds. The number of hydrogen-bond acceptors (Lipinski definition) is 5. The molecular weight excluding hydrogens is 441 g/mol. The van der Waals surface area contributed by atoms with Gasteiger partial charge in [0.1, 0.15) is 11.3 Å². The molecule has 8 heteroatoms. The van der Waals surface area contributed by atoms with Crippen LogP contribution in [-0.2, 0) is 11.8 Å². The molecule has 0 unspecified atom stereocenters. The van der Waals surface area contributed by atoms with Crippen molar-refractivity contribution in [1.82, 2.24) is 24.7 Å². The zero-order chi connectivity index (χ0) is 23.3. The third kappa shape index (κ3) is 4.23. The van der Waals surface area contributed by atoms with Gasteiger partial charge in [0.05, 0.1) is 29.8 Å². The van der Waals surface area contributed by atoms with Gasteiger partial charge < -0.3 is 4.74 Å². The number of ether oxygens (including phenoxy) is 1. The monoisotopic (exact) mass is 465 g/mol. The van der Waals surface area contributed by atoms with Gasteiger partial charge in [-0.1, -0.05) is 11.6 Å². The van der Waals surface area contributed by atoms with E-state index in [9.17, 15) is 4.39 Å². The predicted molar refractivity (Wildman–Crippen MR) is 126 cm³/mol. The minimum atomic E-state index is -0.394. The molecule has 4 aromatic rings. The van der Waals surface area contributed by atoms with Crippen LogP contribution < -0.4 is 0 Å². The molecule has 170 valence electrons. The molecule has 33 heavy (non-hydrogen) atoms. The molecule has 1 aromatic carbocycles. The molecule has 3 aromatic heterocycles. The lowest BCUT2D eigenvalue weighted by molar-refractivity contribution is -0.0505. The fourth-order valence-electron chi connectivity index (χ4n) is 4.55. The SMILES string of the molecule is Cc1nc2nc([C@@H]3C[C@@H](C)O[C@H](c4cnn(C)c4)C3)cc(-c3ccc(Cl)cc3F)c2nc1C. The molecule has 0 radical (unpaired) electrons. The number of halogens is 2. The summed E-state index contributed by atoms with van der Waals surface area (Å²) >= 11 is 6.01. The number of benzene rings is 1. The van der Waals surface area contributed by atoms with Gasteiger partial charge in [-0.25, -0.2) is 19.3 Å². The summed E-state index contributed by atoms with van der Waals surface area (Å²) in [6, 6.07) is 6.67. The van der Waals surface area contributed by atoms with E-state index in [0.717, 1.165) is 35.5 Å². The van der Waals surface area contributed by atoms with Crippen LogP contribution >= 0.6 is 11.6 Å². The average Bonchev–Trinajstić information content (AvgIpc) is 3.20. The summed E-state index contributed by atoms with van der Waals surface area (Å²) in [5.41, 5.74) is 5.75. The van der Waals surface area contributed by atoms with Crippen molar-refractivity contribution in [3.63, 3.8) is 0 Å². The van der Waals surface area contributed by atoms with Gasteiger partial charge in [0.15, 0.2) is 5.65 Å². The Morgan fingerprint density at radius 1 is 1.06 bits per heavy atom. The quantitative estimate of drug-likeness (QED) is 0.379. The van der Waals surface area contributed by atoms with Crippen molar-refractivity contribution >= 4 is 22.8 Å². The Morgan fingerprint density at radius 3 is 2.58 bits per heavy atom. The third-order valence-corrected chi connectivity index (χ3v) is 6.55. The maximum atomic E-state index is 15.0. The largest absolute Gasteiger partial charge is 0.370 e. The zero-order valence-corrected chi connectivity index (χ0v) is 19.8. The zero-order valence-electron chi connectivity index (χ0n) is 19.0. The average molecular weight is 466 g/mol. The molecule has 4 heterocycles. The summed E-state index contributed by atoms with van der Waals surface area (Å²) in [6.45, 7) is 5.88. The normalized spacial score (nSPS) is 21.0. The van der Waals surface area contributed by atoms with Gasteiger partial charge in [0, 0.05) is 46.6 Å². The molecule has 1 aliphatic rings. The summed E-state index contributed by atoms with van der Waals surface area (Å²) in [5.74, 6) is -0.268. The second-order valence-electron chi connectivity index (χ2n) is 8.84. The van der Waals surface area contributed by atoms with E-state index in [2.05, 4.69) is 12.0 Å². The van der Waals surface area contributed by atoms with E-state index < -0.39 is 5.82 Å². The molecule has 0 bridgehead atoms. The molecule has 1 fully saturated rings. The Kier molecular flexibility index (Phi) is 5.62. The molecule has 1 saturated heterocycles. The summed E-state index contributed by atoms with van der Waals surface area (Å²) in [4.78, 5) is 14.3. The van der Waals surface area contributed by atoms with Gasteiger partial charge in [0.2, 0.25) is 0 Å². The second-order valence-corrected chi connectivity index (χ2v) is 9.27. The highest BCUT2D eigenvalue weighted by Gasteiger charge is 2.31. The van der Waals surface area contributed by atoms with Crippen LogP contribution in [0.5, 0.6) is 0 Å². The minimum absolute atomic E-state index is 0.0491. The molecule has 3 atom stereocenters. The molecule has 0 spiro atoms. The van der Waals surface area contributed by atoms with Gasteiger partial charge in [-0.15, -0.1) is 0 Å². The number of aromatic nitrogens is 5. The first kappa shape index (κ1) is 21.9. The van der Waals surface area contributed by atoms with Crippen LogP contribution in [0.2, 0.25) is 5.02 Å². The van der Waals surface area contributed by atoms with E-state index in [4.69, 9.17) is 31.3 Å². The highest BCUT2D eigenvalue weighted by Crippen LogP contribution is 2.41. The lowest BCUT2D eigenvalue weighted by atomic mass is 9.86. The Labute approximate surface area is 196 Å².